The van der Waals surface area contributed by atoms with Crippen molar-refractivity contribution in [2.24, 2.45) is 0 Å². The predicted molar refractivity (Wildman–Crippen MR) is 80.2 cm³/mol. The first-order valence-electron chi connectivity index (χ1n) is 7.09. The molecule has 1 aliphatic carbocycles. The molecule has 2 heteroatoms. The highest BCUT2D eigenvalue weighted by molar-refractivity contribution is 5.90. The molecule has 1 aliphatic rings. The summed E-state index contributed by atoms with van der Waals surface area (Å²) in [7, 11) is 0. The lowest BCUT2D eigenvalue weighted by Crippen LogP contribution is -2.08. The fraction of sp³-hybridized carbons (Fsp3) is 0.278. The molecular weight excluding hydrogens is 248 g/mol. The van der Waals surface area contributed by atoms with Gasteiger partial charge in [0.15, 0.2) is 0 Å². The highest BCUT2D eigenvalue weighted by Gasteiger charge is 2.19. The third kappa shape index (κ3) is 2.34. The van der Waals surface area contributed by atoms with Crippen LogP contribution < -0.4 is 0 Å². The van der Waals surface area contributed by atoms with E-state index >= 15 is 0 Å². The smallest absolute Gasteiger partial charge is 0.335 e. The van der Waals surface area contributed by atoms with Crippen molar-refractivity contribution in [2.75, 3.05) is 0 Å². The number of aryl methyl sites for hydroxylation is 1. The Hall–Kier alpha value is -2.09. The Morgan fingerprint density at radius 2 is 1.95 bits per heavy atom. The van der Waals surface area contributed by atoms with Gasteiger partial charge in [-0.2, -0.15) is 0 Å². The van der Waals surface area contributed by atoms with Crippen LogP contribution in [0.3, 0.4) is 0 Å². The van der Waals surface area contributed by atoms with Crippen LogP contribution in [0.25, 0.3) is 11.1 Å². The number of benzene rings is 2. The van der Waals surface area contributed by atoms with Gasteiger partial charge in [-0.05, 0) is 60.1 Å². The molecule has 0 radical (unpaired) electrons. The fourth-order valence-corrected chi connectivity index (χ4v) is 2.77. The third-order valence-corrected chi connectivity index (χ3v) is 4.26. The lowest BCUT2D eigenvalue weighted by molar-refractivity contribution is 0.0697. The zero-order valence-corrected chi connectivity index (χ0v) is 11.6. The van der Waals surface area contributed by atoms with Gasteiger partial charge in [0, 0.05) is 0 Å². The minimum Gasteiger partial charge on any atom is -0.478 e. The molecule has 1 saturated carbocycles. The second-order valence-corrected chi connectivity index (χ2v) is 5.59. The molecule has 0 unspecified atom stereocenters. The minimum absolute atomic E-state index is 0.347. The van der Waals surface area contributed by atoms with Crippen LogP contribution in [-0.4, -0.2) is 11.1 Å². The first-order valence-corrected chi connectivity index (χ1v) is 7.09. The number of carbonyl (C=O) groups is 1. The van der Waals surface area contributed by atoms with Gasteiger partial charge in [-0.25, -0.2) is 4.79 Å². The molecule has 0 bridgehead atoms. The largest absolute Gasteiger partial charge is 0.478 e. The number of carboxylic acids is 1. The van der Waals surface area contributed by atoms with Crippen molar-refractivity contribution in [3.8, 4) is 11.1 Å². The quantitative estimate of drug-likeness (QED) is 0.879. The van der Waals surface area contributed by atoms with E-state index in [1.807, 2.05) is 13.0 Å². The Morgan fingerprint density at radius 3 is 2.60 bits per heavy atom. The number of aromatic carboxylic acids is 1. The van der Waals surface area contributed by atoms with E-state index in [1.54, 1.807) is 12.1 Å². The summed E-state index contributed by atoms with van der Waals surface area (Å²) in [6, 6.07) is 13.9. The molecule has 1 N–H and O–H groups in total. The Labute approximate surface area is 119 Å². The molecule has 0 amide bonds. The van der Waals surface area contributed by atoms with E-state index in [2.05, 4.69) is 24.3 Å². The van der Waals surface area contributed by atoms with Gasteiger partial charge in [-0.1, -0.05) is 36.8 Å². The van der Waals surface area contributed by atoms with Crippen molar-refractivity contribution >= 4 is 5.97 Å². The molecule has 0 spiro atoms. The summed E-state index contributed by atoms with van der Waals surface area (Å²) in [6.07, 6.45) is 3.87. The van der Waals surface area contributed by atoms with Crippen LogP contribution in [0.15, 0.2) is 42.5 Å². The van der Waals surface area contributed by atoms with Crippen molar-refractivity contribution in [3.63, 3.8) is 0 Å². The van der Waals surface area contributed by atoms with Gasteiger partial charge in [0.1, 0.15) is 0 Å². The highest BCUT2D eigenvalue weighted by atomic mass is 16.4. The van der Waals surface area contributed by atoms with E-state index in [-0.39, 0.29) is 0 Å². The zero-order valence-electron chi connectivity index (χ0n) is 11.6. The van der Waals surface area contributed by atoms with E-state index in [0.717, 1.165) is 16.7 Å². The Morgan fingerprint density at radius 1 is 1.15 bits per heavy atom. The van der Waals surface area contributed by atoms with E-state index in [4.69, 9.17) is 5.11 Å². The summed E-state index contributed by atoms with van der Waals surface area (Å²) in [5.74, 6) is -0.181. The van der Waals surface area contributed by atoms with Crippen LogP contribution in [0.2, 0.25) is 0 Å². The molecule has 0 aromatic heterocycles. The second kappa shape index (κ2) is 5.12. The van der Waals surface area contributed by atoms with E-state index in [1.165, 1.54) is 24.8 Å². The molecule has 20 heavy (non-hydrogen) atoms. The van der Waals surface area contributed by atoms with Crippen molar-refractivity contribution in [1.29, 1.82) is 0 Å². The molecule has 2 nitrogen and oxygen atoms in total. The average molecular weight is 266 g/mol. The van der Waals surface area contributed by atoms with Gasteiger partial charge >= 0.3 is 5.97 Å². The summed E-state index contributed by atoms with van der Waals surface area (Å²) in [6.45, 7) is 2.02. The molecule has 0 heterocycles. The molecule has 1 fully saturated rings. The summed E-state index contributed by atoms with van der Waals surface area (Å²) in [4.78, 5) is 11.1. The lowest BCUT2D eigenvalue weighted by atomic mass is 9.79. The van der Waals surface area contributed by atoms with Gasteiger partial charge in [0.05, 0.1) is 5.56 Å². The maximum absolute atomic E-state index is 11.1. The van der Waals surface area contributed by atoms with Gasteiger partial charge in [0.25, 0.3) is 0 Å². The van der Waals surface area contributed by atoms with Crippen LogP contribution in [0.5, 0.6) is 0 Å². The molecule has 0 atom stereocenters. The van der Waals surface area contributed by atoms with Gasteiger partial charge in [-0.15, -0.1) is 0 Å². The molecule has 3 rings (SSSR count). The Kier molecular flexibility index (Phi) is 3.31. The predicted octanol–water partition coefficient (Wildman–Crippen LogP) is 4.63. The normalized spacial score (nSPS) is 14.8. The topological polar surface area (TPSA) is 37.3 Å². The van der Waals surface area contributed by atoms with Crippen LogP contribution in [0.1, 0.15) is 46.7 Å². The summed E-state index contributed by atoms with van der Waals surface area (Å²) >= 11 is 0. The summed E-state index contributed by atoms with van der Waals surface area (Å²) in [5, 5.41) is 9.14. The number of hydrogen-bond acceptors (Lipinski definition) is 1. The standard InChI is InChI=1S/C18H18O2/c1-12-8-9-16(18(19)20)11-17(12)15-7-3-6-14(10-15)13-4-2-5-13/h3,6-11,13H,2,4-5H2,1H3,(H,19,20). The molecule has 0 saturated heterocycles. The fourth-order valence-electron chi connectivity index (χ4n) is 2.77. The van der Waals surface area contributed by atoms with Crippen LogP contribution >= 0.6 is 0 Å². The van der Waals surface area contributed by atoms with Crippen molar-refractivity contribution in [3.05, 3.63) is 59.2 Å². The van der Waals surface area contributed by atoms with Crippen molar-refractivity contribution in [1.82, 2.24) is 0 Å². The average Bonchev–Trinajstić information content (AvgIpc) is 2.37. The van der Waals surface area contributed by atoms with Crippen LogP contribution in [-0.2, 0) is 0 Å². The van der Waals surface area contributed by atoms with Crippen LogP contribution in [0, 0.1) is 6.92 Å². The number of carboxylic acid groups (broad SMARTS) is 1. The van der Waals surface area contributed by atoms with Gasteiger partial charge in [0.2, 0.25) is 0 Å². The molecule has 2 aromatic rings. The van der Waals surface area contributed by atoms with Crippen LogP contribution in [0.4, 0.5) is 0 Å². The Balaban J connectivity index is 2.03. The first kappa shape index (κ1) is 12.9. The molecule has 0 aliphatic heterocycles. The first-order chi connectivity index (χ1) is 9.65. The number of rotatable bonds is 3. The summed E-state index contributed by atoms with van der Waals surface area (Å²) in [5.41, 5.74) is 4.98. The SMILES string of the molecule is Cc1ccc(C(=O)O)cc1-c1cccc(C2CCC2)c1. The second-order valence-electron chi connectivity index (χ2n) is 5.59. The van der Waals surface area contributed by atoms with Gasteiger partial charge < -0.3 is 5.11 Å². The minimum atomic E-state index is -0.874. The monoisotopic (exact) mass is 266 g/mol. The van der Waals surface area contributed by atoms with E-state index < -0.39 is 5.97 Å². The van der Waals surface area contributed by atoms with E-state index in [9.17, 15) is 4.79 Å². The lowest BCUT2D eigenvalue weighted by Gasteiger charge is -2.26. The highest BCUT2D eigenvalue weighted by Crippen LogP contribution is 2.38. The number of hydrogen-bond donors (Lipinski definition) is 1. The van der Waals surface area contributed by atoms with E-state index in [0.29, 0.717) is 11.5 Å². The molecule has 102 valence electrons. The molecular formula is C18H18O2. The third-order valence-electron chi connectivity index (χ3n) is 4.26. The maximum Gasteiger partial charge on any atom is 0.335 e. The zero-order chi connectivity index (χ0) is 14.1. The maximum atomic E-state index is 11.1. The van der Waals surface area contributed by atoms with Gasteiger partial charge in [-0.3, -0.25) is 0 Å². The van der Waals surface area contributed by atoms with Crippen molar-refractivity contribution in [2.45, 2.75) is 32.1 Å². The van der Waals surface area contributed by atoms with Crippen molar-refractivity contribution < 1.29 is 9.90 Å². The molecule has 2 aromatic carbocycles. The summed E-state index contributed by atoms with van der Waals surface area (Å²) < 4.78 is 0. The Bertz CT molecular complexity index is 654.